The van der Waals surface area contributed by atoms with E-state index in [9.17, 15) is 0 Å². The Balaban J connectivity index is 2.52. The van der Waals surface area contributed by atoms with Crippen molar-refractivity contribution in [2.24, 2.45) is 0 Å². The lowest BCUT2D eigenvalue weighted by atomic mass is 10.1. The molecule has 3 N–H and O–H groups in total. The number of rotatable bonds is 3. The fraction of sp³-hybridized carbons (Fsp3) is 0.286. The topological polar surface area (TPSA) is 47.9 Å². The molecule has 0 aromatic rings. The summed E-state index contributed by atoms with van der Waals surface area (Å²) in [5.74, 6) is 0. The van der Waals surface area contributed by atoms with Gasteiger partial charge in [-0.05, 0) is 12.3 Å². The van der Waals surface area contributed by atoms with Crippen LogP contribution in [0.5, 0.6) is 0 Å². The normalized spacial score (nSPS) is 24.3. The molecule has 0 bridgehead atoms. The number of dihydropyridines is 1. The highest BCUT2D eigenvalue weighted by Crippen LogP contribution is 2.00. The van der Waals surface area contributed by atoms with Gasteiger partial charge in [-0.15, -0.1) is 0 Å². The maximum absolute atomic E-state index is 7.11. The van der Waals surface area contributed by atoms with E-state index in [0.29, 0.717) is 0 Å². The quantitative estimate of drug-likeness (QED) is 0.404. The Morgan fingerprint density at radius 2 is 2.45 bits per heavy atom. The van der Waals surface area contributed by atoms with Crippen molar-refractivity contribution in [3.8, 4) is 0 Å². The number of halogens is 1. The van der Waals surface area contributed by atoms with E-state index in [4.69, 9.17) is 5.41 Å². The molecule has 1 aliphatic rings. The molecule has 11 heavy (non-hydrogen) atoms. The minimum absolute atomic E-state index is 0.0665. The maximum Gasteiger partial charge on any atom is 0.0745 e. The maximum atomic E-state index is 7.11. The van der Waals surface area contributed by atoms with Crippen LogP contribution in [0.3, 0.4) is 0 Å². The second-order valence-electron chi connectivity index (χ2n) is 2.24. The Hall–Kier alpha value is -0.360. The van der Waals surface area contributed by atoms with E-state index in [2.05, 4.69) is 31.7 Å². The molecule has 4 heteroatoms. The average molecular weight is 263 g/mol. The predicted octanol–water partition coefficient (Wildman–Crippen LogP) is 0.986. The average Bonchev–Trinajstić information content (AvgIpc) is 2.09. The highest BCUT2D eigenvalue weighted by atomic mass is 127. The number of hydrogen-bond acceptors (Lipinski definition) is 3. The van der Waals surface area contributed by atoms with Crippen molar-refractivity contribution in [3.63, 3.8) is 0 Å². The Morgan fingerprint density at radius 3 is 2.91 bits per heavy atom. The molecule has 0 spiro atoms. The van der Waals surface area contributed by atoms with Gasteiger partial charge in [0.15, 0.2) is 0 Å². The first-order valence-electron chi connectivity index (χ1n) is 3.34. The molecule has 0 aromatic heterocycles. The van der Waals surface area contributed by atoms with Crippen LogP contribution in [0.2, 0.25) is 0 Å². The van der Waals surface area contributed by atoms with Crippen LogP contribution in [0.1, 0.15) is 0 Å². The lowest BCUT2D eigenvalue weighted by Crippen LogP contribution is -2.43. The fourth-order valence-electron chi connectivity index (χ4n) is 0.888. The zero-order chi connectivity index (χ0) is 8.10. The minimum Gasteiger partial charge on any atom is -0.383 e. The summed E-state index contributed by atoms with van der Waals surface area (Å²) in [5, 5.41) is 10.2. The molecular formula is C7H10IN3. The zero-order valence-electron chi connectivity index (χ0n) is 5.92. The standard InChI is InChI=1S/C7H10IN3/c8-11-7(5-9)6-3-1-2-4-10-6/h1-7,9-11H. The number of allylic oxidation sites excluding steroid dienone is 2. The molecule has 3 nitrogen and oxygen atoms in total. The van der Waals surface area contributed by atoms with Gasteiger partial charge >= 0.3 is 0 Å². The lowest BCUT2D eigenvalue weighted by molar-refractivity contribution is 0.631. The highest BCUT2D eigenvalue weighted by molar-refractivity contribution is 14.1. The summed E-state index contributed by atoms with van der Waals surface area (Å²) in [6.45, 7) is 0. The van der Waals surface area contributed by atoms with Crippen molar-refractivity contribution in [1.82, 2.24) is 8.85 Å². The van der Waals surface area contributed by atoms with Gasteiger partial charge in [-0.25, -0.2) is 0 Å². The summed E-state index contributed by atoms with van der Waals surface area (Å²) < 4.78 is 3.00. The van der Waals surface area contributed by atoms with Crippen molar-refractivity contribution in [2.45, 2.75) is 12.1 Å². The first-order chi connectivity index (χ1) is 5.38. The van der Waals surface area contributed by atoms with Crippen molar-refractivity contribution >= 4 is 29.1 Å². The first-order valence-corrected chi connectivity index (χ1v) is 4.42. The molecule has 60 valence electrons. The van der Waals surface area contributed by atoms with Crippen LogP contribution >= 0.6 is 22.9 Å². The molecule has 0 aliphatic carbocycles. The monoisotopic (exact) mass is 263 g/mol. The van der Waals surface area contributed by atoms with Crippen molar-refractivity contribution in [3.05, 3.63) is 24.4 Å². The Morgan fingerprint density at radius 1 is 1.64 bits per heavy atom. The summed E-state index contributed by atoms with van der Waals surface area (Å²) in [6, 6.07) is 0.270. The second kappa shape index (κ2) is 4.50. The first kappa shape index (κ1) is 8.73. The molecule has 2 atom stereocenters. The summed E-state index contributed by atoms with van der Waals surface area (Å²) in [7, 11) is 0. The summed E-state index contributed by atoms with van der Waals surface area (Å²) in [5.41, 5.74) is 0. The van der Waals surface area contributed by atoms with Crippen LogP contribution in [-0.2, 0) is 0 Å². The summed E-state index contributed by atoms with van der Waals surface area (Å²) in [4.78, 5) is 0. The van der Waals surface area contributed by atoms with Crippen LogP contribution in [0, 0.1) is 5.41 Å². The molecule has 0 aromatic carbocycles. The van der Waals surface area contributed by atoms with Crippen LogP contribution in [0.25, 0.3) is 0 Å². The molecular weight excluding hydrogens is 253 g/mol. The van der Waals surface area contributed by atoms with Crippen molar-refractivity contribution < 1.29 is 0 Å². The second-order valence-corrected chi connectivity index (χ2v) is 2.86. The van der Waals surface area contributed by atoms with E-state index >= 15 is 0 Å². The van der Waals surface area contributed by atoms with E-state index in [-0.39, 0.29) is 12.1 Å². The Labute approximate surface area is 79.9 Å². The molecule has 1 aliphatic heterocycles. The van der Waals surface area contributed by atoms with E-state index in [1.165, 1.54) is 6.21 Å². The smallest absolute Gasteiger partial charge is 0.0745 e. The molecule has 0 radical (unpaired) electrons. The van der Waals surface area contributed by atoms with E-state index in [1.807, 2.05) is 24.4 Å². The SMILES string of the molecule is N=CC(NI)C1C=CC=CN1. The zero-order valence-corrected chi connectivity index (χ0v) is 8.08. The molecule has 0 amide bonds. The van der Waals surface area contributed by atoms with Crippen LogP contribution < -0.4 is 8.85 Å². The van der Waals surface area contributed by atoms with Gasteiger partial charge in [-0.3, -0.25) is 3.53 Å². The van der Waals surface area contributed by atoms with E-state index < -0.39 is 0 Å². The van der Waals surface area contributed by atoms with Crippen LogP contribution in [-0.4, -0.2) is 18.3 Å². The third-order valence-electron chi connectivity index (χ3n) is 1.51. The van der Waals surface area contributed by atoms with Gasteiger partial charge in [0.1, 0.15) is 0 Å². The van der Waals surface area contributed by atoms with E-state index in [1.54, 1.807) is 0 Å². The highest BCUT2D eigenvalue weighted by Gasteiger charge is 2.14. The largest absolute Gasteiger partial charge is 0.383 e. The molecule has 0 saturated carbocycles. The van der Waals surface area contributed by atoms with Gasteiger partial charge in [0.25, 0.3) is 0 Å². The molecule has 2 unspecified atom stereocenters. The molecule has 1 heterocycles. The van der Waals surface area contributed by atoms with Gasteiger partial charge < -0.3 is 10.7 Å². The lowest BCUT2D eigenvalue weighted by Gasteiger charge is -2.21. The van der Waals surface area contributed by atoms with Crippen molar-refractivity contribution in [1.29, 1.82) is 5.41 Å². The summed E-state index contributed by atoms with van der Waals surface area (Å²) in [6.07, 6.45) is 9.22. The third-order valence-corrected chi connectivity index (χ3v) is 2.23. The minimum atomic E-state index is 0.0665. The summed E-state index contributed by atoms with van der Waals surface area (Å²) >= 11 is 2.05. The van der Waals surface area contributed by atoms with E-state index in [0.717, 1.165) is 0 Å². The van der Waals surface area contributed by atoms with Crippen LogP contribution in [0.4, 0.5) is 0 Å². The Bertz CT molecular complexity index is 188. The predicted molar refractivity (Wildman–Crippen MR) is 54.9 cm³/mol. The van der Waals surface area contributed by atoms with Gasteiger partial charge in [0.2, 0.25) is 0 Å². The third kappa shape index (κ3) is 2.30. The fourth-order valence-corrected chi connectivity index (χ4v) is 1.46. The number of hydrogen-bond donors (Lipinski definition) is 3. The molecule has 0 fully saturated rings. The van der Waals surface area contributed by atoms with Gasteiger partial charge in [-0.1, -0.05) is 12.2 Å². The molecule has 1 rings (SSSR count). The Kier molecular flexibility index (Phi) is 3.58. The van der Waals surface area contributed by atoms with Gasteiger partial charge in [0.05, 0.1) is 12.1 Å². The van der Waals surface area contributed by atoms with Gasteiger partial charge in [-0.2, -0.15) is 0 Å². The van der Waals surface area contributed by atoms with Crippen LogP contribution in [0.15, 0.2) is 24.4 Å². The van der Waals surface area contributed by atoms with Crippen molar-refractivity contribution in [2.75, 3.05) is 0 Å². The molecule has 0 saturated heterocycles. The van der Waals surface area contributed by atoms with Gasteiger partial charge in [0, 0.05) is 29.1 Å². The number of nitrogens with one attached hydrogen (secondary N) is 3.